The Balaban J connectivity index is 1.97. The third kappa shape index (κ3) is 2.58. The summed E-state index contributed by atoms with van der Waals surface area (Å²) in [6.45, 7) is 0. The number of methoxy groups -OCH3 is 2. The number of benzene rings is 2. The van der Waals surface area contributed by atoms with Crippen molar-refractivity contribution >= 4 is 0 Å². The van der Waals surface area contributed by atoms with Crippen LogP contribution in [0.2, 0.25) is 0 Å². The lowest BCUT2D eigenvalue weighted by Gasteiger charge is -2.07. The number of aromatic nitrogens is 2. The van der Waals surface area contributed by atoms with Gasteiger partial charge >= 0.3 is 0 Å². The number of ether oxygens (including phenoxy) is 2. The standard InChI is InChI=1S/C16H14N2O3/c1-19-13-9-8-12(10-14(13)20-2)15-17-16(21-18-15)11-6-4-3-5-7-11/h3-10H,1-2H3. The van der Waals surface area contributed by atoms with Gasteiger partial charge in [-0.2, -0.15) is 4.98 Å². The predicted octanol–water partition coefficient (Wildman–Crippen LogP) is 3.42. The zero-order chi connectivity index (χ0) is 14.7. The largest absolute Gasteiger partial charge is 0.493 e. The van der Waals surface area contributed by atoms with Crippen molar-refractivity contribution in [2.24, 2.45) is 0 Å². The van der Waals surface area contributed by atoms with Gasteiger partial charge in [-0.1, -0.05) is 23.4 Å². The van der Waals surface area contributed by atoms with E-state index in [1.807, 2.05) is 48.5 Å². The fourth-order valence-electron chi connectivity index (χ4n) is 2.01. The molecule has 0 N–H and O–H groups in total. The molecule has 5 nitrogen and oxygen atoms in total. The van der Waals surface area contributed by atoms with Crippen LogP contribution in [0.15, 0.2) is 53.1 Å². The second-order valence-corrected chi connectivity index (χ2v) is 4.36. The second-order valence-electron chi connectivity index (χ2n) is 4.36. The van der Waals surface area contributed by atoms with Crippen molar-refractivity contribution in [3.05, 3.63) is 48.5 Å². The molecule has 1 heterocycles. The van der Waals surface area contributed by atoms with Crippen LogP contribution in [-0.2, 0) is 0 Å². The summed E-state index contributed by atoms with van der Waals surface area (Å²) in [5, 5.41) is 4.01. The molecule has 3 aromatic rings. The molecule has 0 bridgehead atoms. The van der Waals surface area contributed by atoms with E-state index in [-0.39, 0.29) is 0 Å². The Morgan fingerprint density at radius 2 is 1.62 bits per heavy atom. The summed E-state index contributed by atoms with van der Waals surface area (Å²) in [6.07, 6.45) is 0. The molecule has 106 valence electrons. The molecule has 5 heteroatoms. The minimum Gasteiger partial charge on any atom is -0.493 e. The van der Waals surface area contributed by atoms with Gasteiger partial charge in [-0.15, -0.1) is 0 Å². The van der Waals surface area contributed by atoms with Gasteiger partial charge in [0, 0.05) is 11.1 Å². The van der Waals surface area contributed by atoms with Crippen molar-refractivity contribution < 1.29 is 14.0 Å². The first-order valence-electron chi connectivity index (χ1n) is 6.43. The van der Waals surface area contributed by atoms with Gasteiger partial charge in [-0.25, -0.2) is 0 Å². The summed E-state index contributed by atoms with van der Waals surface area (Å²) in [5.74, 6) is 2.28. The Morgan fingerprint density at radius 3 is 2.33 bits per heavy atom. The highest BCUT2D eigenvalue weighted by Gasteiger charge is 2.12. The van der Waals surface area contributed by atoms with Gasteiger partial charge in [-0.3, -0.25) is 0 Å². The van der Waals surface area contributed by atoms with E-state index in [1.54, 1.807) is 14.2 Å². The molecule has 0 saturated carbocycles. The zero-order valence-corrected chi connectivity index (χ0v) is 11.7. The molecule has 0 aliphatic heterocycles. The van der Waals surface area contributed by atoms with Crippen molar-refractivity contribution in [1.29, 1.82) is 0 Å². The van der Waals surface area contributed by atoms with Gasteiger partial charge in [0.1, 0.15) is 0 Å². The maximum Gasteiger partial charge on any atom is 0.258 e. The molecule has 0 unspecified atom stereocenters. The molecule has 2 aromatic carbocycles. The summed E-state index contributed by atoms with van der Waals surface area (Å²) in [6, 6.07) is 15.1. The first kappa shape index (κ1) is 13.2. The lowest BCUT2D eigenvalue weighted by Crippen LogP contribution is -1.91. The number of hydrogen-bond acceptors (Lipinski definition) is 5. The topological polar surface area (TPSA) is 57.4 Å². The van der Waals surface area contributed by atoms with Crippen molar-refractivity contribution in [2.75, 3.05) is 14.2 Å². The first-order valence-corrected chi connectivity index (χ1v) is 6.43. The molecule has 3 rings (SSSR count). The Hall–Kier alpha value is -2.82. The molecule has 0 saturated heterocycles. The van der Waals surface area contributed by atoms with Crippen LogP contribution in [0.4, 0.5) is 0 Å². The summed E-state index contributed by atoms with van der Waals surface area (Å²) < 4.78 is 15.8. The van der Waals surface area contributed by atoms with Crippen molar-refractivity contribution in [1.82, 2.24) is 10.1 Å². The third-order valence-corrected chi connectivity index (χ3v) is 3.09. The monoisotopic (exact) mass is 282 g/mol. The molecule has 0 amide bonds. The molecule has 0 spiro atoms. The van der Waals surface area contributed by atoms with Crippen molar-refractivity contribution in [2.45, 2.75) is 0 Å². The molecular weight excluding hydrogens is 268 g/mol. The van der Waals surface area contributed by atoms with Crippen molar-refractivity contribution in [3.63, 3.8) is 0 Å². The molecule has 0 atom stereocenters. The first-order chi connectivity index (χ1) is 10.3. The van der Waals surface area contributed by atoms with Gasteiger partial charge < -0.3 is 14.0 Å². The van der Waals surface area contributed by atoms with Gasteiger partial charge in [0.2, 0.25) is 5.82 Å². The van der Waals surface area contributed by atoms with Gasteiger partial charge in [-0.05, 0) is 30.3 Å². The van der Waals surface area contributed by atoms with Crippen molar-refractivity contribution in [3.8, 4) is 34.3 Å². The molecule has 0 fully saturated rings. The van der Waals surface area contributed by atoms with E-state index in [0.29, 0.717) is 23.2 Å². The summed E-state index contributed by atoms with van der Waals surface area (Å²) in [4.78, 5) is 4.41. The Kier molecular flexibility index (Phi) is 3.55. The third-order valence-electron chi connectivity index (χ3n) is 3.09. The Bertz CT molecular complexity index is 738. The average Bonchev–Trinajstić information content (AvgIpc) is 3.05. The van der Waals surface area contributed by atoms with Crippen LogP contribution in [0.3, 0.4) is 0 Å². The van der Waals surface area contributed by atoms with Crippen LogP contribution in [0.25, 0.3) is 22.8 Å². The van der Waals surface area contributed by atoms with E-state index < -0.39 is 0 Å². The molecule has 1 aromatic heterocycles. The quantitative estimate of drug-likeness (QED) is 0.733. The van der Waals surface area contributed by atoms with E-state index in [9.17, 15) is 0 Å². The van der Waals surface area contributed by atoms with Crippen LogP contribution in [0.5, 0.6) is 11.5 Å². The molecule has 0 radical (unpaired) electrons. The highest BCUT2D eigenvalue weighted by Crippen LogP contribution is 2.31. The van der Waals surface area contributed by atoms with E-state index in [4.69, 9.17) is 14.0 Å². The van der Waals surface area contributed by atoms with Crippen LogP contribution in [0, 0.1) is 0 Å². The van der Waals surface area contributed by atoms with E-state index in [2.05, 4.69) is 10.1 Å². The SMILES string of the molecule is COc1ccc(-c2noc(-c3ccccc3)n2)cc1OC. The second kappa shape index (κ2) is 5.66. The number of hydrogen-bond donors (Lipinski definition) is 0. The van der Waals surface area contributed by atoms with Crippen LogP contribution in [-0.4, -0.2) is 24.4 Å². The van der Waals surface area contributed by atoms with E-state index in [0.717, 1.165) is 11.1 Å². The predicted molar refractivity (Wildman–Crippen MR) is 78.3 cm³/mol. The maximum atomic E-state index is 5.30. The van der Waals surface area contributed by atoms with E-state index >= 15 is 0 Å². The number of rotatable bonds is 4. The lowest BCUT2D eigenvalue weighted by atomic mass is 10.2. The van der Waals surface area contributed by atoms with Gasteiger partial charge in [0.05, 0.1) is 14.2 Å². The normalized spacial score (nSPS) is 10.4. The van der Waals surface area contributed by atoms with E-state index in [1.165, 1.54) is 0 Å². The Morgan fingerprint density at radius 1 is 0.857 bits per heavy atom. The smallest absolute Gasteiger partial charge is 0.258 e. The summed E-state index contributed by atoms with van der Waals surface area (Å²) >= 11 is 0. The van der Waals surface area contributed by atoms with Crippen LogP contribution < -0.4 is 9.47 Å². The fourth-order valence-corrected chi connectivity index (χ4v) is 2.01. The fraction of sp³-hybridized carbons (Fsp3) is 0.125. The summed E-state index contributed by atoms with van der Waals surface area (Å²) in [7, 11) is 3.19. The highest BCUT2D eigenvalue weighted by molar-refractivity contribution is 5.63. The Labute approximate surface area is 122 Å². The minimum atomic E-state index is 0.486. The van der Waals surface area contributed by atoms with Gasteiger partial charge in [0.25, 0.3) is 5.89 Å². The summed E-state index contributed by atoms with van der Waals surface area (Å²) in [5.41, 5.74) is 1.69. The maximum absolute atomic E-state index is 5.30. The molecule has 0 aliphatic rings. The molecule has 0 aliphatic carbocycles. The molecule has 21 heavy (non-hydrogen) atoms. The molecular formula is C16H14N2O3. The lowest BCUT2D eigenvalue weighted by molar-refractivity contribution is 0.355. The zero-order valence-electron chi connectivity index (χ0n) is 11.7. The minimum absolute atomic E-state index is 0.486. The number of nitrogens with zero attached hydrogens (tertiary/aromatic N) is 2. The van der Waals surface area contributed by atoms with Crippen LogP contribution >= 0.6 is 0 Å². The van der Waals surface area contributed by atoms with Crippen LogP contribution in [0.1, 0.15) is 0 Å². The highest BCUT2D eigenvalue weighted by atomic mass is 16.5. The average molecular weight is 282 g/mol. The van der Waals surface area contributed by atoms with Gasteiger partial charge in [0.15, 0.2) is 11.5 Å².